The Kier molecular flexibility index (Phi) is 4.98. The maximum Gasteiger partial charge on any atom is 0.131 e. The molecule has 0 heterocycles. The lowest BCUT2D eigenvalue weighted by atomic mass is 10.1. The van der Waals surface area contributed by atoms with E-state index >= 15 is 0 Å². The molecule has 0 aliphatic heterocycles. The Hall–Kier alpha value is -2.16. The molecule has 0 saturated carbocycles. The molecule has 0 spiro atoms. The van der Waals surface area contributed by atoms with Gasteiger partial charge in [0.1, 0.15) is 11.6 Å². The van der Waals surface area contributed by atoms with Gasteiger partial charge in [0, 0.05) is 31.6 Å². The minimum atomic E-state index is -0.382. The number of rotatable bonds is 0. The molecule has 120 valence electrons. The van der Waals surface area contributed by atoms with Crippen molar-refractivity contribution in [2.75, 3.05) is 0 Å². The average Bonchev–Trinajstić information content (AvgIpc) is 2.58. The number of hydrogen-bond acceptors (Lipinski definition) is 0. The van der Waals surface area contributed by atoms with Gasteiger partial charge in [-0.3, -0.25) is 0 Å². The molecule has 0 fully saturated rings. The van der Waals surface area contributed by atoms with Gasteiger partial charge in [0.25, 0.3) is 0 Å². The number of fused-ring (bicyclic) bond motifs is 2. The Morgan fingerprint density at radius 2 is 0.792 bits per heavy atom. The van der Waals surface area contributed by atoms with Crippen LogP contribution >= 0.6 is 23.2 Å². The molecular weight excluding hydrogens is 349 g/mol. The number of benzene rings is 4. The Balaban J connectivity index is 0.000000141. The largest absolute Gasteiger partial charge is 0.206 e. The summed E-state index contributed by atoms with van der Waals surface area (Å²) in [6.07, 6.45) is 0. The van der Waals surface area contributed by atoms with E-state index in [2.05, 4.69) is 0 Å². The third-order valence-electron chi connectivity index (χ3n) is 3.63. The van der Waals surface area contributed by atoms with E-state index in [4.69, 9.17) is 23.2 Å². The fourth-order valence-electron chi connectivity index (χ4n) is 2.47. The topological polar surface area (TPSA) is 0 Å². The highest BCUT2D eigenvalue weighted by Gasteiger charge is 2.02. The van der Waals surface area contributed by atoms with Crippen molar-refractivity contribution in [1.82, 2.24) is 0 Å². The predicted octanol–water partition coefficient (Wildman–Crippen LogP) is 7.26. The van der Waals surface area contributed by atoms with E-state index in [-0.39, 0.29) is 11.6 Å². The minimum absolute atomic E-state index is 0.331. The van der Waals surface area contributed by atoms with Crippen LogP contribution in [0.2, 0.25) is 10.0 Å². The Labute approximate surface area is 148 Å². The molecule has 0 N–H and O–H groups in total. The van der Waals surface area contributed by atoms with Crippen molar-refractivity contribution in [3.8, 4) is 0 Å². The number of hydrogen-bond donors (Lipinski definition) is 0. The zero-order chi connectivity index (χ0) is 17.1. The van der Waals surface area contributed by atoms with E-state index in [1.165, 1.54) is 24.3 Å². The quantitative estimate of drug-likeness (QED) is 0.309. The van der Waals surface area contributed by atoms with Crippen LogP contribution in [0.25, 0.3) is 21.5 Å². The molecule has 24 heavy (non-hydrogen) atoms. The van der Waals surface area contributed by atoms with E-state index in [1.807, 2.05) is 36.4 Å². The molecule has 0 aromatic heterocycles. The zero-order valence-corrected chi connectivity index (χ0v) is 14.0. The SMILES string of the molecule is Clc1cccc2c(Cl)cccc12.Fc1cccc2c(F)cccc12. The summed E-state index contributed by atoms with van der Waals surface area (Å²) in [4.78, 5) is 0. The smallest absolute Gasteiger partial charge is 0.131 e. The lowest BCUT2D eigenvalue weighted by Gasteiger charge is -2.00. The first-order chi connectivity index (χ1) is 11.6. The summed E-state index contributed by atoms with van der Waals surface area (Å²) in [5.41, 5.74) is 0. The van der Waals surface area contributed by atoms with Crippen LogP contribution in [0.5, 0.6) is 0 Å². The predicted molar refractivity (Wildman–Crippen MR) is 97.8 cm³/mol. The van der Waals surface area contributed by atoms with Gasteiger partial charge in [0.15, 0.2) is 0 Å². The molecule has 0 atom stereocenters. The van der Waals surface area contributed by atoms with E-state index in [1.54, 1.807) is 12.1 Å². The van der Waals surface area contributed by atoms with Crippen LogP contribution in [-0.2, 0) is 0 Å². The molecule has 0 saturated heterocycles. The minimum Gasteiger partial charge on any atom is -0.206 e. The lowest BCUT2D eigenvalue weighted by molar-refractivity contribution is 0.629. The molecule has 4 aromatic carbocycles. The Morgan fingerprint density at radius 3 is 1.21 bits per heavy atom. The second-order valence-corrected chi connectivity index (χ2v) is 5.96. The van der Waals surface area contributed by atoms with Crippen LogP contribution in [0.3, 0.4) is 0 Å². The van der Waals surface area contributed by atoms with Gasteiger partial charge in [0.05, 0.1) is 0 Å². The first-order valence-electron chi connectivity index (χ1n) is 7.23. The molecule has 0 unspecified atom stereocenters. The molecule has 0 aliphatic rings. The fourth-order valence-corrected chi connectivity index (χ4v) is 2.94. The van der Waals surface area contributed by atoms with Crippen molar-refractivity contribution >= 4 is 44.7 Å². The van der Waals surface area contributed by atoms with Gasteiger partial charge in [-0.05, 0) is 24.3 Å². The first kappa shape index (κ1) is 16.7. The van der Waals surface area contributed by atoms with E-state index in [0.717, 1.165) is 20.8 Å². The second kappa shape index (κ2) is 7.16. The van der Waals surface area contributed by atoms with Crippen LogP contribution in [0.1, 0.15) is 0 Å². The summed E-state index contributed by atoms with van der Waals surface area (Å²) in [5.74, 6) is -0.765. The summed E-state index contributed by atoms with van der Waals surface area (Å²) >= 11 is 11.9. The molecule has 0 bridgehead atoms. The van der Waals surface area contributed by atoms with Crippen molar-refractivity contribution in [2.24, 2.45) is 0 Å². The second-order valence-electron chi connectivity index (χ2n) is 5.15. The van der Waals surface area contributed by atoms with Gasteiger partial charge >= 0.3 is 0 Å². The van der Waals surface area contributed by atoms with Crippen molar-refractivity contribution in [3.63, 3.8) is 0 Å². The average molecular weight is 361 g/mol. The molecule has 4 aromatic rings. The van der Waals surface area contributed by atoms with Gasteiger partial charge in [0.2, 0.25) is 0 Å². The van der Waals surface area contributed by atoms with Gasteiger partial charge < -0.3 is 0 Å². The third-order valence-corrected chi connectivity index (χ3v) is 4.29. The van der Waals surface area contributed by atoms with Crippen molar-refractivity contribution < 1.29 is 8.78 Å². The molecule has 0 radical (unpaired) electrons. The maximum atomic E-state index is 13.0. The van der Waals surface area contributed by atoms with E-state index in [0.29, 0.717) is 10.8 Å². The first-order valence-corrected chi connectivity index (χ1v) is 7.99. The molecule has 4 heteroatoms. The summed E-state index contributed by atoms with van der Waals surface area (Å²) < 4.78 is 26.0. The van der Waals surface area contributed by atoms with Crippen LogP contribution in [0, 0.1) is 11.6 Å². The zero-order valence-electron chi connectivity index (χ0n) is 12.4. The monoisotopic (exact) mass is 360 g/mol. The summed E-state index contributed by atoms with van der Waals surface area (Å²) in [5, 5.41) is 4.17. The molecule has 0 aliphatic carbocycles. The maximum absolute atomic E-state index is 13.0. The lowest BCUT2D eigenvalue weighted by Crippen LogP contribution is -1.81. The van der Waals surface area contributed by atoms with Crippen LogP contribution in [-0.4, -0.2) is 0 Å². The summed E-state index contributed by atoms with van der Waals surface area (Å²) in [6.45, 7) is 0. The van der Waals surface area contributed by atoms with Gasteiger partial charge in [-0.15, -0.1) is 0 Å². The molecule has 0 nitrogen and oxygen atoms in total. The fraction of sp³-hybridized carbons (Fsp3) is 0. The highest BCUT2D eigenvalue weighted by Crippen LogP contribution is 2.28. The molecule has 0 amide bonds. The number of halogens is 4. The Morgan fingerprint density at radius 1 is 0.458 bits per heavy atom. The normalized spacial score (nSPS) is 10.5. The van der Waals surface area contributed by atoms with Gasteiger partial charge in [-0.25, -0.2) is 8.78 Å². The van der Waals surface area contributed by atoms with Crippen LogP contribution in [0.4, 0.5) is 8.78 Å². The van der Waals surface area contributed by atoms with Gasteiger partial charge in [-0.2, -0.15) is 0 Å². The third kappa shape index (κ3) is 3.35. The van der Waals surface area contributed by atoms with Crippen LogP contribution in [0.15, 0.2) is 72.8 Å². The van der Waals surface area contributed by atoms with Crippen molar-refractivity contribution in [3.05, 3.63) is 94.5 Å². The van der Waals surface area contributed by atoms with Crippen LogP contribution < -0.4 is 0 Å². The van der Waals surface area contributed by atoms with E-state index in [9.17, 15) is 8.78 Å². The summed E-state index contributed by atoms with van der Waals surface area (Å²) in [7, 11) is 0. The standard InChI is InChI=1S/C10H6Cl2.C10H6F2/c2*11-9-5-1-3-7-8(9)4-2-6-10(7)12/h2*1-6H. The van der Waals surface area contributed by atoms with Crippen molar-refractivity contribution in [2.45, 2.75) is 0 Å². The highest BCUT2D eigenvalue weighted by molar-refractivity contribution is 6.39. The van der Waals surface area contributed by atoms with E-state index < -0.39 is 0 Å². The molecule has 4 rings (SSSR count). The van der Waals surface area contributed by atoms with Gasteiger partial charge in [-0.1, -0.05) is 71.7 Å². The highest BCUT2D eigenvalue weighted by atomic mass is 35.5. The van der Waals surface area contributed by atoms with Crippen molar-refractivity contribution in [1.29, 1.82) is 0 Å². The summed E-state index contributed by atoms with van der Waals surface area (Å²) in [6, 6.07) is 20.2. The Bertz CT molecular complexity index is 847. The molecular formula is C20H12Cl2F2.